The summed E-state index contributed by atoms with van der Waals surface area (Å²) >= 11 is 0. The number of alkyl halides is 1. The number of halogens is 2. The topological polar surface area (TPSA) is 49.8 Å². The summed E-state index contributed by atoms with van der Waals surface area (Å²) in [5, 5.41) is 8.53. The normalized spacial score (nSPS) is 11.2. The van der Waals surface area contributed by atoms with Crippen LogP contribution < -0.4 is 5.73 Å². The third kappa shape index (κ3) is 3.33. The third-order valence-corrected chi connectivity index (χ3v) is 1.89. The second-order valence-electron chi connectivity index (χ2n) is 2.82. The van der Waals surface area contributed by atoms with E-state index in [-0.39, 0.29) is 18.4 Å². The van der Waals surface area contributed by atoms with E-state index in [4.69, 9.17) is 11.0 Å². The van der Waals surface area contributed by atoms with Crippen molar-refractivity contribution in [2.75, 3.05) is 6.67 Å². The van der Waals surface area contributed by atoms with E-state index in [9.17, 15) is 4.39 Å². The van der Waals surface area contributed by atoms with Gasteiger partial charge in [-0.1, -0.05) is 12.1 Å². The molecule has 0 aliphatic rings. The lowest BCUT2D eigenvalue weighted by Gasteiger charge is -2.08. The summed E-state index contributed by atoms with van der Waals surface area (Å²) < 4.78 is 11.9. The van der Waals surface area contributed by atoms with Crippen LogP contribution in [0.2, 0.25) is 0 Å². The molecule has 1 rings (SSSR count). The van der Waals surface area contributed by atoms with Gasteiger partial charge in [0.2, 0.25) is 0 Å². The summed E-state index contributed by atoms with van der Waals surface area (Å²) in [5.74, 6) is 0. The van der Waals surface area contributed by atoms with Crippen molar-refractivity contribution < 1.29 is 4.39 Å². The SMILES string of the molecule is Cl.N#Cc1ccc([C@@H](N)CCF)cc1. The first kappa shape index (κ1) is 12.9. The average Bonchev–Trinajstić information content (AvgIpc) is 2.18. The number of benzene rings is 1. The Morgan fingerprint density at radius 3 is 2.36 bits per heavy atom. The fourth-order valence-corrected chi connectivity index (χ4v) is 1.09. The summed E-state index contributed by atoms with van der Waals surface area (Å²) in [7, 11) is 0. The molecule has 1 atom stereocenters. The molecule has 2 N–H and O–H groups in total. The fourth-order valence-electron chi connectivity index (χ4n) is 1.09. The van der Waals surface area contributed by atoms with E-state index in [1.165, 1.54) is 0 Å². The number of nitrogens with zero attached hydrogens (tertiary/aromatic N) is 1. The molecule has 0 aliphatic carbocycles. The molecule has 0 spiro atoms. The van der Waals surface area contributed by atoms with Crippen molar-refractivity contribution in [2.24, 2.45) is 5.73 Å². The van der Waals surface area contributed by atoms with Gasteiger partial charge in [-0.15, -0.1) is 12.4 Å². The minimum absolute atomic E-state index is 0. The van der Waals surface area contributed by atoms with Gasteiger partial charge in [-0.3, -0.25) is 4.39 Å². The highest BCUT2D eigenvalue weighted by atomic mass is 35.5. The molecule has 1 aromatic carbocycles. The molecule has 0 amide bonds. The number of nitriles is 1. The predicted molar refractivity (Wildman–Crippen MR) is 55.9 cm³/mol. The van der Waals surface area contributed by atoms with Crippen molar-refractivity contribution in [1.82, 2.24) is 0 Å². The Labute approximate surface area is 88.9 Å². The first-order chi connectivity index (χ1) is 6.27. The summed E-state index contributed by atoms with van der Waals surface area (Å²) in [4.78, 5) is 0. The molecule has 0 unspecified atom stereocenters. The summed E-state index contributed by atoms with van der Waals surface area (Å²) in [6.45, 7) is -0.416. The van der Waals surface area contributed by atoms with Gasteiger partial charge in [0.1, 0.15) is 0 Å². The molecule has 0 saturated carbocycles. The maximum Gasteiger partial charge on any atom is 0.0991 e. The summed E-state index contributed by atoms with van der Waals surface area (Å²) in [6.07, 6.45) is 0.325. The van der Waals surface area contributed by atoms with Crippen LogP contribution in [0.25, 0.3) is 0 Å². The standard InChI is InChI=1S/C10H11FN2.ClH/c11-6-5-10(13)9-3-1-8(7-12)2-4-9;/h1-4,10H,5-6,13H2;1H/t10-;/m0./s1. The van der Waals surface area contributed by atoms with Crippen LogP contribution in [0.1, 0.15) is 23.6 Å². The van der Waals surface area contributed by atoms with Gasteiger partial charge in [0, 0.05) is 6.04 Å². The minimum atomic E-state index is -0.416. The molecule has 0 bridgehead atoms. The first-order valence-corrected chi connectivity index (χ1v) is 4.09. The van der Waals surface area contributed by atoms with Crippen LogP contribution in [0.4, 0.5) is 4.39 Å². The second kappa shape index (κ2) is 6.36. The van der Waals surface area contributed by atoms with Gasteiger partial charge in [0.15, 0.2) is 0 Å². The maximum atomic E-state index is 11.9. The van der Waals surface area contributed by atoms with E-state index in [2.05, 4.69) is 0 Å². The highest BCUT2D eigenvalue weighted by Crippen LogP contribution is 2.14. The first-order valence-electron chi connectivity index (χ1n) is 4.09. The maximum absolute atomic E-state index is 11.9. The summed E-state index contributed by atoms with van der Waals surface area (Å²) in [6, 6.07) is 8.65. The zero-order chi connectivity index (χ0) is 9.68. The molecule has 1 aromatic rings. The molecule has 4 heteroatoms. The summed E-state index contributed by atoms with van der Waals surface area (Å²) in [5.41, 5.74) is 7.14. The van der Waals surface area contributed by atoms with Gasteiger partial charge in [0.25, 0.3) is 0 Å². The molecular weight excluding hydrogens is 203 g/mol. The van der Waals surface area contributed by atoms with E-state index in [1.54, 1.807) is 24.3 Å². The van der Waals surface area contributed by atoms with E-state index in [0.29, 0.717) is 12.0 Å². The van der Waals surface area contributed by atoms with E-state index >= 15 is 0 Å². The van der Waals surface area contributed by atoms with Crippen LogP contribution in [-0.4, -0.2) is 6.67 Å². The lowest BCUT2D eigenvalue weighted by atomic mass is 10.0. The Kier molecular flexibility index (Phi) is 5.86. The van der Waals surface area contributed by atoms with Crippen molar-refractivity contribution in [3.8, 4) is 6.07 Å². The van der Waals surface area contributed by atoms with Crippen LogP contribution in [0, 0.1) is 11.3 Å². The lowest BCUT2D eigenvalue weighted by molar-refractivity contribution is 0.442. The van der Waals surface area contributed by atoms with E-state index < -0.39 is 6.67 Å². The zero-order valence-electron chi connectivity index (χ0n) is 7.61. The van der Waals surface area contributed by atoms with E-state index in [0.717, 1.165) is 5.56 Å². The largest absolute Gasteiger partial charge is 0.324 e. The Bertz CT molecular complexity index is 305. The average molecular weight is 215 g/mol. The molecule has 0 saturated heterocycles. The van der Waals surface area contributed by atoms with Crippen molar-refractivity contribution >= 4 is 12.4 Å². The number of hydrogen-bond donors (Lipinski definition) is 1. The second-order valence-corrected chi connectivity index (χ2v) is 2.82. The van der Waals surface area contributed by atoms with Gasteiger partial charge < -0.3 is 5.73 Å². The van der Waals surface area contributed by atoms with Gasteiger partial charge >= 0.3 is 0 Å². The Hall–Kier alpha value is -1.11. The van der Waals surface area contributed by atoms with Crippen LogP contribution >= 0.6 is 12.4 Å². The third-order valence-electron chi connectivity index (χ3n) is 1.89. The Morgan fingerprint density at radius 2 is 1.93 bits per heavy atom. The van der Waals surface area contributed by atoms with Gasteiger partial charge in [0.05, 0.1) is 18.3 Å². The van der Waals surface area contributed by atoms with Crippen molar-refractivity contribution in [2.45, 2.75) is 12.5 Å². The number of hydrogen-bond acceptors (Lipinski definition) is 2. The molecule has 0 fully saturated rings. The zero-order valence-corrected chi connectivity index (χ0v) is 8.43. The fraction of sp³-hybridized carbons (Fsp3) is 0.300. The highest BCUT2D eigenvalue weighted by Gasteiger charge is 2.04. The quantitative estimate of drug-likeness (QED) is 0.840. The predicted octanol–water partition coefficient (Wildman–Crippen LogP) is 2.34. The molecule has 14 heavy (non-hydrogen) atoms. The van der Waals surface area contributed by atoms with Crippen LogP contribution in [0.3, 0.4) is 0 Å². The number of rotatable bonds is 3. The molecule has 0 radical (unpaired) electrons. The monoisotopic (exact) mass is 214 g/mol. The minimum Gasteiger partial charge on any atom is -0.324 e. The molecule has 76 valence electrons. The highest BCUT2D eigenvalue weighted by molar-refractivity contribution is 5.85. The Balaban J connectivity index is 0.00000169. The van der Waals surface area contributed by atoms with E-state index in [1.807, 2.05) is 6.07 Å². The van der Waals surface area contributed by atoms with Crippen molar-refractivity contribution in [1.29, 1.82) is 5.26 Å². The Morgan fingerprint density at radius 1 is 1.36 bits per heavy atom. The molecule has 0 aromatic heterocycles. The molecule has 2 nitrogen and oxygen atoms in total. The van der Waals surface area contributed by atoms with Crippen LogP contribution in [-0.2, 0) is 0 Å². The molecule has 0 aliphatic heterocycles. The van der Waals surface area contributed by atoms with Crippen LogP contribution in [0.5, 0.6) is 0 Å². The van der Waals surface area contributed by atoms with Gasteiger partial charge in [-0.25, -0.2) is 0 Å². The lowest BCUT2D eigenvalue weighted by Crippen LogP contribution is -2.10. The van der Waals surface area contributed by atoms with Gasteiger partial charge in [-0.2, -0.15) is 5.26 Å². The molecule has 0 heterocycles. The van der Waals surface area contributed by atoms with Crippen molar-refractivity contribution in [3.05, 3.63) is 35.4 Å². The van der Waals surface area contributed by atoms with Gasteiger partial charge in [-0.05, 0) is 24.1 Å². The number of nitrogens with two attached hydrogens (primary N) is 1. The smallest absolute Gasteiger partial charge is 0.0991 e. The van der Waals surface area contributed by atoms with Crippen LogP contribution in [0.15, 0.2) is 24.3 Å². The molecular formula is C10H12ClFN2. The van der Waals surface area contributed by atoms with Crippen molar-refractivity contribution in [3.63, 3.8) is 0 Å².